The molecular weight excluding hydrogens is 931 g/mol. The first kappa shape index (κ1) is 70.9. The summed E-state index contributed by atoms with van der Waals surface area (Å²) in [6.07, 6.45) is 51.4. The van der Waals surface area contributed by atoms with Crippen molar-refractivity contribution in [2.45, 2.75) is 371 Å². The van der Waals surface area contributed by atoms with Gasteiger partial charge in [-0.15, -0.1) is 0 Å². The molecule has 1 aliphatic rings. The van der Waals surface area contributed by atoms with E-state index in [1.165, 1.54) is 238 Å². The molecule has 0 saturated carbocycles. The lowest BCUT2D eigenvalue weighted by Gasteiger charge is -2.40. The Morgan fingerprint density at radius 2 is 0.797 bits per heavy atom. The summed E-state index contributed by atoms with van der Waals surface area (Å²) in [4.78, 5) is 13.2. The third kappa shape index (κ3) is 40.1. The average molecular weight is 1050 g/mol. The Kier molecular flexibility index (Phi) is 50.3. The zero-order chi connectivity index (χ0) is 54.0. The van der Waals surface area contributed by atoms with Crippen LogP contribution < -0.4 is 5.32 Å². The quantitative estimate of drug-likeness (QED) is 0.0215. The summed E-state index contributed by atoms with van der Waals surface area (Å²) in [5.74, 6) is -0.699. The number of carbonyl (C=O) groups is 1. The highest BCUT2D eigenvalue weighted by Crippen LogP contribution is 2.24. The number of hydrogen-bond acceptors (Lipinski definition) is 10. The number of hydrogen-bond donors (Lipinski definition) is 8. The molecule has 1 heterocycles. The number of amides is 1. The second kappa shape index (κ2) is 52.5. The summed E-state index contributed by atoms with van der Waals surface area (Å²) in [5, 5.41) is 76.3. The summed E-state index contributed by atoms with van der Waals surface area (Å²) in [7, 11) is 0. The molecule has 0 spiro atoms. The van der Waals surface area contributed by atoms with E-state index in [2.05, 4.69) is 31.3 Å². The van der Waals surface area contributed by atoms with Gasteiger partial charge in [0, 0.05) is 0 Å². The van der Waals surface area contributed by atoms with Gasteiger partial charge in [0.1, 0.15) is 36.6 Å². The van der Waals surface area contributed by atoms with Crippen molar-refractivity contribution in [3.8, 4) is 0 Å². The van der Waals surface area contributed by atoms with Crippen LogP contribution in [0.3, 0.4) is 0 Å². The van der Waals surface area contributed by atoms with Gasteiger partial charge in [-0.1, -0.05) is 289 Å². The van der Waals surface area contributed by atoms with E-state index >= 15 is 0 Å². The fourth-order valence-electron chi connectivity index (χ4n) is 10.6. The number of aliphatic hydroxyl groups excluding tert-OH is 7. The number of ether oxygens (including phenoxy) is 2. The van der Waals surface area contributed by atoms with Crippen LogP contribution in [-0.4, -0.2) is 110 Å². The second-order valence-corrected chi connectivity index (χ2v) is 22.8. The van der Waals surface area contributed by atoms with E-state index in [9.17, 15) is 40.5 Å². The lowest BCUT2D eigenvalue weighted by atomic mass is 9.98. The molecule has 1 aliphatic heterocycles. The molecule has 0 aromatic carbocycles. The second-order valence-electron chi connectivity index (χ2n) is 22.8. The van der Waals surface area contributed by atoms with Crippen LogP contribution in [0.5, 0.6) is 0 Å². The first-order chi connectivity index (χ1) is 36.2. The van der Waals surface area contributed by atoms with Crippen LogP contribution in [0.1, 0.15) is 316 Å². The predicted molar refractivity (Wildman–Crippen MR) is 307 cm³/mol. The van der Waals surface area contributed by atoms with Gasteiger partial charge in [-0.2, -0.15) is 0 Å². The number of unbranched alkanes of at least 4 members (excludes halogenated alkanes) is 42. The molecule has 9 atom stereocenters. The van der Waals surface area contributed by atoms with Gasteiger partial charge in [0.25, 0.3) is 0 Å². The van der Waals surface area contributed by atoms with E-state index in [4.69, 9.17) is 9.47 Å². The van der Waals surface area contributed by atoms with Crippen molar-refractivity contribution < 1.29 is 50.0 Å². The van der Waals surface area contributed by atoms with Crippen LogP contribution in [0.15, 0.2) is 12.2 Å². The van der Waals surface area contributed by atoms with Gasteiger partial charge < -0.3 is 50.5 Å². The van der Waals surface area contributed by atoms with Crippen LogP contribution in [0.2, 0.25) is 0 Å². The van der Waals surface area contributed by atoms with Gasteiger partial charge in [0.2, 0.25) is 5.91 Å². The summed E-state index contributed by atoms with van der Waals surface area (Å²) in [6, 6.07) is -1.18. The minimum Gasteiger partial charge on any atom is -0.394 e. The zero-order valence-corrected chi connectivity index (χ0v) is 48.4. The molecule has 11 heteroatoms. The normalized spacial score (nSPS) is 19.8. The number of carbonyl (C=O) groups excluding carboxylic acids is 1. The number of nitrogens with one attached hydrogen (secondary N) is 1. The molecule has 0 radical (unpaired) electrons. The molecule has 1 rings (SSSR count). The van der Waals surface area contributed by atoms with Crippen LogP contribution in [-0.2, 0) is 14.3 Å². The standard InChI is InChI=1S/C63H123NO10/c1-3-5-7-9-11-13-15-17-19-21-23-24-25-26-27-28-29-30-31-33-35-37-39-41-43-45-47-49-51-56(67)62(72)64-54(53-73-63-61(71)60(70)59(69)57(52-65)74-63)58(68)55(66)50-48-46-44-42-40-38-36-34-32-22-20-18-16-14-12-10-8-6-4-2/h42,44,54-61,63,65-71H,3-41,43,45-53H2,1-2H3,(H,64,72)/b44-42+. The third-order valence-electron chi connectivity index (χ3n) is 15.8. The molecule has 74 heavy (non-hydrogen) atoms. The summed E-state index contributed by atoms with van der Waals surface area (Å²) in [6.45, 7) is 3.49. The number of allylic oxidation sites excluding steroid dienone is 2. The molecule has 1 fully saturated rings. The lowest BCUT2D eigenvalue weighted by Crippen LogP contribution is -2.60. The van der Waals surface area contributed by atoms with Gasteiger partial charge in [-0.3, -0.25) is 4.79 Å². The zero-order valence-electron chi connectivity index (χ0n) is 48.4. The van der Waals surface area contributed by atoms with Crippen LogP contribution >= 0.6 is 0 Å². The van der Waals surface area contributed by atoms with Gasteiger partial charge in [0.15, 0.2) is 6.29 Å². The minimum absolute atomic E-state index is 0.260. The molecule has 1 amide bonds. The summed E-state index contributed by atoms with van der Waals surface area (Å²) >= 11 is 0. The molecule has 9 unspecified atom stereocenters. The van der Waals surface area contributed by atoms with Crippen molar-refractivity contribution in [1.29, 1.82) is 0 Å². The Balaban J connectivity index is 2.24. The van der Waals surface area contributed by atoms with E-state index in [0.717, 1.165) is 38.5 Å². The van der Waals surface area contributed by atoms with E-state index in [0.29, 0.717) is 12.8 Å². The molecule has 0 bridgehead atoms. The molecule has 1 saturated heterocycles. The predicted octanol–water partition coefficient (Wildman–Crippen LogP) is 14.3. The Hall–Kier alpha value is -1.15. The van der Waals surface area contributed by atoms with Gasteiger partial charge in [-0.25, -0.2) is 0 Å². The van der Waals surface area contributed by atoms with E-state index in [1.807, 2.05) is 0 Å². The Bertz CT molecular complexity index is 1210. The highest BCUT2D eigenvalue weighted by molar-refractivity contribution is 5.80. The highest BCUT2D eigenvalue weighted by atomic mass is 16.7. The Morgan fingerprint density at radius 3 is 1.16 bits per heavy atom. The molecular formula is C63H123NO10. The van der Waals surface area contributed by atoms with Crippen molar-refractivity contribution in [3.63, 3.8) is 0 Å². The summed E-state index contributed by atoms with van der Waals surface area (Å²) in [5.41, 5.74) is 0. The van der Waals surface area contributed by atoms with Crippen molar-refractivity contribution in [1.82, 2.24) is 5.32 Å². The largest absolute Gasteiger partial charge is 0.394 e. The smallest absolute Gasteiger partial charge is 0.249 e. The third-order valence-corrected chi connectivity index (χ3v) is 15.8. The topological polar surface area (TPSA) is 189 Å². The fourth-order valence-corrected chi connectivity index (χ4v) is 10.6. The molecule has 440 valence electrons. The van der Waals surface area contributed by atoms with Crippen LogP contribution in [0.4, 0.5) is 0 Å². The molecule has 0 aromatic rings. The van der Waals surface area contributed by atoms with Gasteiger partial charge in [-0.05, 0) is 38.5 Å². The first-order valence-corrected chi connectivity index (χ1v) is 32.1. The minimum atomic E-state index is -1.67. The molecule has 11 nitrogen and oxygen atoms in total. The number of aliphatic hydroxyl groups is 7. The van der Waals surface area contributed by atoms with Crippen molar-refractivity contribution >= 4 is 5.91 Å². The molecule has 8 N–H and O–H groups in total. The monoisotopic (exact) mass is 1050 g/mol. The number of rotatable bonds is 56. The highest BCUT2D eigenvalue weighted by Gasteiger charge is 2.44. The van der Waals surface area contributed by atoms with E-state index < -0.39 is 74.2 Å². The van der Waals surface area contributed by atoms with Crippen LogP contribution in [0.25, 0.3) is 0 Å². The van der Waals surface area contributed by atoms with Gasteiger partial charge >= 0.3 is 0 Å². The van der Waals surface area contributed by atoms with Crippen molar-refractivity contribution in [3.05, 3.63) is 12.2 Å². The van der Waals surface area contributed by atoms with E-state index in [-0.39, 0.29) is 12.8 Å². The average Bonchev–Trinajstić information content (AvgIpc) is 3.40. The van der Waals surface area contributed by atoms with Crippen molar-refractivity contribution in [2.24, 2.45) is 0 Å². The van der Waals surface area contributed by atoms with Crippen LogP contribution in [0, 0.1) is 0 Å². The molecule has 0 aliphatic carbocycles. The fraction of sp³-hybridized carbons (Fsp3) is 0.952. The van der Waals surface area contributed by atoms with Gasteiger partial charge in [0.05, 0.1) is 25.4 Å². The maximum absolute atomic E-state index is 13.2. The lowest BCUT2D eigenvalue weighted by molar-refractivity contribution is -0.303. The Labute approximate surface area is 455 Å². The van der Waals surface area contributed by atoms with E-state index in [1.54, 1.807) is 0 Å². The SMILES string of the molecule is CCCCCCCCCCCCCCCC/C=C/CCCC(O)C(O)C(COC1OC(CO)C(O)C(O)C1O)NC(=O)C(O)CCCCCCCCCCCCCCCCCCCCCCCCCCCCCC. The summed E-state index contributed by atoms with van der Waals surface area (Å²) < 4.78 is 11.2. The maximum Gasteiger partial charge on any atom is 0.249 e. The first-order valence-electron chi connectivity index (χ1n) is 32.1. The molecule has 0 aromatic heterocycles. The Morgan fingerprint density at radius 1 is 0.459 bits per heavy atom. The van der Waals surface area contributed by atoms with Crippen molar-refractivity contribution in [2.75, 3.05) is 13.2 Å². The maximum atomic E-state index is 13.2.